The van der Waals surface area contributed by atoms with Gasteiger partial charge in [0.25, 0.3) is 0 Å². The minimum Gasteiger partial charge on any atom is -0.441 e. The molecule has 3 rings (SSSR count). The molecule has 1 atom stereocenters. The monoisotopic (exact) mass is 464 g/mol. The van der Waals surface area contributed by atoms with Gasteiger partial charge in [-0.25, -0.2) is 27.6 Å². The molecule has 0 spiro atoms. The number of benzene rings is 1. The molecule has 164 valence electrons. The molecule has 0 bridgehead atoms. The summed E-state index contributed by atoms with van der Waals surface area (Å²) < 4.78 is 33.2. The molecule has 1 aromatic carbocycles. The molecule has 2 aromatic heterocycles. The minimum atomic E-state index is -3.65. The van der Waals surface area contributed by atoms with Gasteiger partial charge in [0.05, 0.1) is 11.4 Å². The molecule has 0 aliphatic carbocycles. The highest BCUT2D eigenvalue weighted by Crippen LogP contribution is 2.28. The Bertz CT molecular complexity index is 1230. The number of hydrogen-bond acceptors (Lipinski definition) is 7. The van der Waals surface area contributed by atoms with Crippen molar-refractivity contribution in [2.24, 2.45) is 7.05 Å². The zero-order valence-electron chi connectivity index (χ0n) is 17.2. The zero-order valence-corrected chi connectivity index (χ0v) is 18.8. The zero-order chi connectivity index (χ0) is 22.8. The summed E-state index contributed by atoms with van der Waals surface area (Å²) in [5.41, 5.74) is 1.55. The molecular weight excluding hydrogens is 444 g/mol. The van der Waals surface area contributed by atoms with Crippen LogP contribution in [-0.2, 0) is 21.8 Å². The highest BCUT2D eigenvalue weighted by atomic mass is 35.5. The first-order valence-corrected chi connectivity index (χ1v) is 11.0. The van der Waals surface area contributed by atoms with Crippen molar-refractivity contribution in [1.82, 2.24) is 24.7 Å². The topological polar surface area (TPSA) is 128 Å². The van der Waals surface area contributed by atoms with Gasteiger partial charge < -0.3 is 4.74 Å². The number of sulfonamides is 1. The van der Waals surface area contributed by atoms with Crippen LogP contribution in [0.3, 0.4) is 0 Å². The van der Waals surface area contributed by atoms with Crippen LogP contribution in [0, 0.1) is 6.92 Å². The third kappa shape index (κ3) is 4.84. The van der Waals surface area contributed by atoms with E-state index in [9.17, 15) is 13.2 Å². The summed E-state index contributed by atoms with van der Waals surface area (Å²) in [4.78, 5) is 16.8. The minimum absolute atomic E-state index is 0.0464. The van der Waals surface area contributed by atoms with Gasteiger partial charge in [0.1, 0.15) is 11.0 Å². The molecule has 31 heavy (non-hydrogen) atoms. The van der Waals surface area contributed by atoms with Crippen LogP contribution in [0.2, 0.25) is 5.02 Å². The molecule has 1 amide bonds. The van der Waals surface area contributed by atoms with Crippen molar-refractivity contribution in [1.29, 1.82) is 0 Å². The van der Waals surface area contributed by atoms with Gasteiger partial charge in [-0.1, -0.05) is 35.0 Å². The van der Waals surface area contributed by atoms with Gasteiger partial charge in [-0.3, -0.25) is 5.32 Å². The number of rotatable bonds is 6. The van der Waals surface area contributed by atoms with E-state index in [1.54, 1.807) is 45.2 Å². The number of ether oxygens (including phenoxy) is 1. The third-order valence-corrected chi connectivity index (χ3v) is 6.40. The second-order valence-corrected chi connectivity index (χ2v) is 8.85. The maximum absolute atomic E-state index is 12.5. The van der Waals surface area contributed by atoms with E-state index in [1.165, 1.54) is 23.9 Å². The van der Waals surface area contributed by atoms with E-state index in [0.29, 0.717) is 16.3 Å². The number of amides is 1. The first kappa shape index (κ1) is 22.7. The summed E-state index contributed by atoms with van der Waals surface area (Å²) >= 11 is 6.15. The number of nitrogens with zero attached hydrogens (tertiary/aromatic N) is 4. The third-order valence-electron chi connectivity index (χ3n) is 4.51. The van der Waals surface area contributed by atoms with Crippen LogP contribution in [-0.4, -0.2) is 41.5 Å². The van der Waals surface area contributed by atoms with Gasteiger partial charge in [0, 0.05) is 17.6 Å². The van der Waals surface area contributed by atoms with Gasteiger partial charge in [-0.2, -0.15) is 0 Å². The Kier molecular flexibility index (Phi) is 6.58. The number of carbonyl (C=O) groups is 1. The van der Waals surface area contributed by atoms with E-state index in [2.05, 4.69) is 25.3 Å². The molecular formula is C19H21ClN6O4S. The SMILES string of the molecule is CNS(=O)(=O)c1ccc(-c2nnn(C)c2NC(=O)O[C@H](C)c2ccccc2Cl)nc1C. The van der Waals surface area contributed by atoms with Crippen molar-refractivity contribution in [3.63, 3.8) is 0 Å². The number of aryl methyl sites for hydroxylation is 2. The van der Waals surface area contributed by atoms with Crippen molar-refractivity contribution in [2.45, 2.75) is 24.8 Å². The molecule has 0 aliphatic heterocycles. The lowest BCUT2D eigenvalue weighted by Crippen LogP contribution is -2.20. The number of carbonyl (C=O) groups excluding carboxylic acids is 1. The van der Waals surface area contributed by atoms with Gasteiger partial charge >= 0.3 is 6.09 Å². The van der Waals surface area contributed by atoms with Crippen LogP contribution in [0.5, 0.6) is 0 Å². The van der Waals surface area contributed by atoms with Crippen LogP contribution >= 0.6 is 11.6 Å². The van der Waals surface area contributed by atoms with Gasteiger partial charge in [0.15, 0.2) is 11.5 Å². The van der Waals surface area contributed by atoms with E-state index in [4.69, 9.17) is 16.3 Å². The van der Waals surface area contributed by atoms with Gasteiger partial charge in [0.2, 0.25) is 10.0 Å². The van der Waals surface area contributed by atoms with E-state index < -0.39 is 22.2 Å². The summed E-state index contributed by atoms with van der Waals surface area (Å²) in [6.45, 7) is 3.27. The van der Waals surface area contributed by atoms with Crippen molar-refractivity contribution < 1.29 is 17.9 Å². The molecule has 0 aliphatic rings. The van der Waals surface area contributed by atoms with Crippen molar-refractivity contribution in [3.8, 4) is 11.4 Å². The Morgan fingerprint density at radius 1 is 1.23 bits per heavy atom. The standard InChI is InChI=1S/C19H21ClN6O4S/c1-11-16(31(28,29)21-3)10-9-15(22-11)17-18(26(4)25-24-17)23-19(27)30-12(2)13-7-5-6-8-14(13)20/h5-10,12,21H,1-4H3,(H,23,27)/t12-/m1/s1. The molecule has 0 radical (unpaired) electrons. The molecule has 2 heterocycles. The number of anilines is 1. The molecule has 0 saturated carbocycles. The van der Waals surface area contributed by atoms with Crippen molar-refractivity contribution in [3.05, 3.63) is 52.7 Å². The largest absolute Gasteiger partial charge is 0.441 e. The first-order chi connectivity index (χ1) is 14.6. The predicted molar refractivity (Wildman–Crippen MR) is 115 cm³/mol. The number of halogens is 1. The number of hydrogen-bond donors (Lipinski definition) is 2. The van der Waals surface area contributed by atoms with Crippen molar-refractivity contribution in [2.75, 3.05) is 12.4 Å². The van der Waals surface area contributed by atoms with Crippen LogP contribution in [0.1, 0.15) is 24.3 Å². The van der Waals surface area contributed by atoms with Crippen LogP contribution in [0.4, 0.5) is 10.6 Å². The van der Waals surface area contributed by atoms with E-state index in [-0.39, 0.29) is 22.1 Å². The molecule has 0 fully saturated rings. The summed E-state index contributed by atoms with van der Waals surface area (Å²) in [5, 5.41) is 11.1. The summed E-state index contributed by atoms with van der Waals surface area (Å²) in [7, 11) is -0.734. The lowest BCUT2D eigenvalue weighted by Gasteiger charge is -2.15. The summed E-state index contributed by atoms with van der Waals surface area (Å²) in [5.74, 6) is 0.243. The lowest BCUT2D eigenvalue weighted by atomic mass is 10.1. The van der Waals surface area contributed by atoms with E-state index in [0.717, 1.165) is 0 Å². The Balaban J connectivity index is 1.84. The molecule has 0 unspecified atom stereocenters. The molecule has 2 N–H and O–H groups in total. The van der Waals surface area contributed by atoms with Crippen LogP contribution < -0.4 is 10.0 Å². The Hall–Kier alpha value is -3.02. The quantitative estimate of drug-likeness (QED) is 0.573. The molecule has 0 saturated heterocycles. The van der Waals surface area contributed by atoms with Crippen LogP contribution in [0.25, 0.3) is 11.4 Å². The number of aromatic nitrogens is 4. The molecule has 12 heteroatoms. The molecule has 3 aromatic rings. The fourth-order valence-electron chi connectivity index (χ4n) is 2.90. The lowest BCUT2D eigenvalue weighted by molar-refractivity contribution is 0.121. The van der Waals surface area contributed by atoms with Crippen molar-refractivity contribution >= 4 is 33.5 Å². The Morgan fingerprint density at radius 3 is 2.58 bits per heavy atom. The van der Waals surface area contributed by atoms with E-state index in [1.807, 2.05) is 0 Å². The number of nitrogens with one attached hydrogen (secondary N) is 2. The maximum atomic E-state index is 12.5. The summed E-state index contributed by atoms with van der Waals surface area (Å²) in [6.07, 6.45) is -1.32. The predicted octanol–water partition coefficient (Wildman–Crippen LogP) is 3.06. The highest BCUT2D eigenvalue weighted by Gasteiger charge is 2.22. The smallest absolute Gasteiger partial charge is 0.413 e. The Labute approximate surface area is 184 Å². The average molecular weight is 465 g/mol. The van der Waals surface area contributed by atoms with E-state index >= 15 is 0 Å². The van der Waals surface area contributed by atoms with Gasteiger partial charge in [-0.05, 0) is 39.1 Å². The van der Waals surface area contributed by atoms with Gasteiger partial charge in [-0.15, -0.1) is 5.10 Å². The summed E-state index contributed by atoms with van der Waals surface area (Å²) in [6, 6.07) is 9.97. The Morgan fingerprint density at radius 2 is 1.94 bits per heavy atom. The van der Waals surface area contributed by atoms with Crippen LogP contribution in [0.15, 0.2) is 41.3 Å². The first-order valence-electron chi connectivity index (χ1n) is 9.17. The second kappa shape index (κ2) is 9.00. The maximum Gasteiger partial charge on any atom is 0.413 e. The number of pyridine rings is 1. The fraction of sp³-hybridized carbons (Fsp3) is 0.263. The fourth-order valence-corrected chi connectivity index (χ4v) is 4.09. The normalized spacial score (nSPS) is 12.4. The second-order valence-electron chi connectivity index (χ2n) is 6.59. The highest BCUT2D eigenvalue weighted by molar-refractivity contribution is 7.89. The molecule has 10 nitrogen and oxygen atoms in total. The average Bonchev–Trinajstić information content (AvgIpc) is 3.08.